The lowest BCUT2D eigenvalue weighted by Crippen LogP contribution is -2.88. The molecule has 9 nitrogen and oxygen atoms in total. The van der Waals surface area contributed by atoms with Crippen molar-refractivity contribution in [1.82, 2.24) is 20.5 Å². The van der Waals surface area contributed by atoms with E-state index in [0.717, 1.165) is 44.6 Å². The van der Waals surface area contributed by atoms with Crippen LogP contribution < -0.4 is 21.4 Å². The molecule has 31 heavy (non-hydrogen) atoms. The van der Waals surface area contributed by atoms with Crippen LogP contribution >= 0.6 is 0 Å². The molecule has 0 amide bonds. The Bertz CT molecular complexity index is 1310. The highest BCUT2D eigenvalue weighted by Crippen LogP contribution is 2.40. The predicted molar refractivity (Wildman–Crippen MR) is 119 cm³/mol. The highest BCUT2D eigenvalue weighted by Gasteiger charge is 2.27. The molecule has 1 unspecified atom stereocenters. The molecule has 1 atom stereocenters. The highest BCUT2D eigenvalue weighted by molar-refractivity contribution is 5.91. The molecule has 7 N–H and O–H groups in total. The van der Waals surface area contributed by atoms with Crippen molar-refractivity contribution in [2.45, 2.75) is 19.3 Å². The first-order valence-corrected chi connectivity index (χ1v) is 9.95. The third-order valence-electron chi connectivity index (χ3n) is 5.32. The van der Waals surface area contributed by atoms with E-state index in [1.165, 1.54) is 0 Å². The predicted octanol–water partition coefficient (Wildman–Crippen LogP) is 1.72. The van der Waals surface area contributed by atoms with Gasteiger partial charge in [-0.25, -0.2) is 10.4 Å². The smallest absolute Gasteiger partial charge is 0.125 e. The molecule has 0 fully saturated rings. The minimum absolute atomic E-state index is 0.241. The Morgan fingerprint density at radius 3 is 2.97 bits per heavy atom. The van der Waals surface area contributed by atoms with Gasteiger partial charge in [0.2, 0.25) is 0 Å². The molecule has 0 saturated carbocycles. The zero-order valence-corrected chi connectivity index (χ0v) is 17.7. The maximum Gasteiger partial charge on any atom is 0.125 e. The second-order valence-electron chi connectivity index (χ2n) is 7.32. The normalized spacial score (nSPS) is 12.8. The number of nitrogens with one attached hydrogen (secondary N) is 3. The number of imidazole rings is 1. The first-order valence-electron chi connectivity index (χ1n) is 9.95. The molecule has 0 saturated heterocycles. The monoisotopic (exact) mass is 417 g/mol. The number of hydrogen-bond acceptors (Lipinski definition) is 5. The number of nitrogens with zero attached hydrogens (tertiary/aromatic N) is 3. The molecule has 0 radical (unpaired) electrons. The number of H-pyrrole nitrogens is 2. The number of nitrogens with two attached hydrogens (primary N) is 2. The Morgan fingerprint density at radius 2 is 2.23 bits per heavy atom. The van der Waals surface area contributed by atoms with Gasteiger partial charge in [-0.3, -0.25) is 0 Å². The Labute approximate surface area is 179 Å². The average molecular weight is 417 g/mol. The molecular formula is C22H25N8O+. The van der Waals surface area contributed by atoms with Gasteiger partial charge in [0, 0.05) is 29.1 Å². The SMILES string of the molecule is C[NH2+]NN=C(N)CC(c1nc2ccc(C#N)cc2[nH]1)c1c(OC)cc(C)c2[nH]ccc12. The number of benzene rings is 2. The molecular weight excluding hydrogens is 392 g/mol. The van der Waals surface area contributed by atoms with Crippen LogP contribution in [0.15, 0.2) is 41.6 Å². The van der Waals surface area contributed by atoms with Gasteiger partial charge in [0.15, 0.2) is 0 Å². The first-order chi connectivity index (χ1) is 15.0. The summed E-state index contributed by atoms with van der Waals surface area (Å²) in [6.07, 6.45) is 2.34. The van der Waals surface area contributed by atoms with E-state index in [4.69, 9.17) is 15.5 Å². The number of nitriles is 1. The fourth-order valence-electron chi connectivity index (χ4n) is 3.93. The quantitative estimate of drug-likeness (QED) is 0.135. The van der Waals surface area contributed by atoms with Crippen molar-refractivity contribution in [3.05, 3.63) is 59.0 Å². The standard InChI is InChI=1S/C22H24N8O/c1-12-8-18(31-3)20(14-6-7-26-21(12)14)15(10-19(24)29-30-25-2)22-27-16-5-4-13(11-23)9-17(16)28-22/h4-9,15,25-26,30H,10H2,1-3H3,(H2,24,29)(H,27,28)/p+1. The van der Waals surface area contributed by atoms with Crippen LogP contribution in [0.2, 0.25) is 0 Å². The Balaban J connectivity index is 1.92. The zero-order valence-electron chi connectivity index (χ0n) is 17.7. The maximum absolute atomic E-state index is 9.23. The molecule has 4 rings (SSSR count). The van der Waals surface area contributed by atoms with Crippen LogP contribution in [-0.2, 0) is 0 Å². The molecule has 0 aliphatic rings. The van der Waals surface area contributed by atoms with Crippen molar-refractivity contribution in [2.75, 3.05) is 14.2 Å². The molecule has 2 heterocycles. The van der Waals surface area contributed by atoms with Gasteiger partial charge in [0.05, 0.1) is 42.7 Å². The van der Waals surface area contributed by atoms with Crippen LogP contribution in [0.5, 0.6) is 5.75 Å². The van der Waals surface area contributed by atoms with Gasteiger partial charge in [0.25, 0.3) is 0 Å². The second kappa shape index (κ2) is 8.38. The van der Waals surface area contributed by atoms with Gasteiger partial charge in [-0.2, -0.15) is 10.8 Å². The number of rotatable bonds is 7. The lowest BCUT2D eigenvalue weighted by molar-refractivity contribution is -0.686. The van der Waals surface area contributed by atoms with Crippen LogP contribution in [0.4, 0.5) is 0 Å². The minimum Gasteiger partial charge on any atom is -0.496 e. The van der Waals surface area contributed by atoms with Crippen molar-refractivity contribution in [1.29, 1.82) is 5.26 Å². The molecule has 158 valence electrons. The summed E-state index contributed by atoms with van der Waals surface area (Å²) in [4.78, 5) is 11.5. The van der Waals surface area contributed by atoms with Crippen LogP contribution in [0.1, 0.15) is 34.9 Å². The van der Waals surface area contributed by atoms with Crippen LogP contribution in [0, 0.1) is 18.3 Å². The number of amidine groups is 1. The number of ether oxygens (including phenoxy) is 1. The van der Waals surface area contributed by atoms with E-state index >= 15 is 0 Å². The van der Waals surface area contributed by atoms with Gasteiger partial charge in [-0.1, -0.05) is 0 Å². The van der Waals surface area contributed by atoms with Crippen molar-refractivity contribution < 1.29 is 10.2 Å². The van der Waals surface area contributed by atoms with E-state index in [2.05, 4.69) is 26.7 Å². The lowest BCUT2D eigenvalue weighted by Gasteiger charge is -2.20. The third kappa shape index (κ3) is 3.76. The third-order valence-corrected chi connectivity index (χ3v) is 5.32. The number of quaternary nitrogens is 1. The number of hydrazone groups is 1. The van der Waals surface area contributed by atoms with E-state index in [0.29, 0.717) is 17.8 Å². The summed E-state index contributed by atoms with van der Waals surface area (Å²) in [6.45, 7) is 2.04. The Hall–Kier alpha value is -4.03. The Kier molecular flexibility index (Phi) is 5.47. The van der Waals surface area contributed by atoms with E-state index in [1.54, 1.807) is 24.7 Å². The molecule has 2 aromatic carbocycles. The summed E-state index contributed by atoms with van der Waals surface area (Å²) < 4.78 is 5.78. The van der Waals surface area contributed by atoms with Crippen molar-refractivity contribution in [3.8, 4) is 11.8 Å². The van der Waals surface area contributed by atoms with E-state index in [1.807, 2.05) is 38.4 Å². The molecule has 0 bridgehead atoms. The van der Waals surface area contributed by atoms with Crippen molar-refractivity contribution in [3.63, 3.8) is 0 Å². The minimum atomic E-state index is -0.241. The zero-order chi connectivity index (χ0) is 22.0. The van der Waals surface area contributed by atoms with E-state index in [9.17, 15) is 5.26 Å². The number of methoxy groups -OCH3 is 1. The van der Waals surface area contributed by atoms with Gasteiger partial charge in [-0.05, 0) is 42.8 Å². The van der Waals surface area contributed by atoms with Crippen molar-refractivity contribution in [2.24, 2.45) is 10.8 Å². The van der Waals surface area contributed by atoms with E-state index in [-0.39, 0.29) is 5.92 Å². The largest absolute Gasteiger partial charge is 0.496 e. The van der Waals surface area contributed by atoms with Crippen LogP contribution in [0.25, 0.3) is 21.9 Å². The summed E-state index contributed by atoms with van der Waals surface area (Å²) >= 11 is 0. The summed E-state index contributed by atoms with van der Waals surface area (Å²) in [5.74, 6) is 1.69. The van der Waals surface area contributed by atoms with Gasteiger partial charge >= 0.3 is 0 Å². The fraction of sp³-hybridized carbons (Fsp3) is 0.227. The van der Waals surface area contributed by atoms with Gasteiger partial charge < -0.3 is 20.4 Å². The summed E-state index contributed by atoms with van der Waals surface area (Å²) in [6, 6.07) is 11.6. The Morgan fingerprint density at radius 1 is 1.39 bits per heavy atom. The van der Waals surface area contributed by atoms with Gasteiger partial charge in [-0.15, -0.1) is 5.10 Å². The number of aryl methyl sites for hydroxylation is 1. The van der Waals surface area contributed by atoms with Crippen molar-refractivity contribution >= 4 is 27.8 Å². The fourth-order valence-corrected chi connectivity index (χ4v) is 3.93. The van der Waals surface area contributed by atoms with Crippen LogP contribution in [-0.4, -0.2) is 34.9 Å². The average Bonchev–Trinajstić information content (AvgIpc) is 3.43. The molecule has 0 spiro atoms. The highest BCUT2D eigenvalue weighted by atomic mass is 16.5. The topological polar surface area (TPSA) is 145 Å². The molecule has 9 heteroatoms. The van der Waals surface area contributed by atoms with E-state index < -0.39 is 0 Å². The summed E-state index contributed by atoms with van der Waals surface area (Å²) in [7, 11) is 3.50. The molecule has 2 aromatic heterocycles. The van der Waals surface area contributed by atoms with Crippen LogP contribution in [0.3, 0.4) is 0 Å². The second-order valence-corrected chi connectivity index (χ2v) is 7.32. The lowest BCUT2D eigenvalue weighted by atomic mass is 9.89. The number of aromatic nitrogens is 3. The number of hydrogen-bond donors (Lipinski definition) is 5. The number of aromatic amines is 2. The first kappa shape index (κ1) is 20.3. The molecule has 0 aliphatic heterocycles. The summed E-state index contributed by atoms with van der Waals surface area (Å²) in [5, 5.41) is 14.5. The molecule has 4 aromatic rings. The summed E-state index contributed by atoms with van der Waals surface area (Å²) in [5.41, 5.74) is 16.0. The number of fused-ring (bicyclic) bond motifs is 2. The van der Waals surface area contributed by atoms with Gasteiger partial charge in [0.1, 0.15) is 17.4 Å². The maximum atomic E-state index is 9.23. The molecule has 0 aliphatic carbocycles.